The Morgan fingerprint density at radius 1 is 1.23 bits per heavy atom. The van der Waals surface area contributed by atoms with Gasteiger partial charge in [-0.2, -0.15) is 0 Å². The molecule has 2 rings (SSSR count). The predicted molar refractivity (Wildman–Crippen MR) is 54.5 cm³/mol. The van der Waals surface area contributed by atoms with E-state index in [0.717, 1.165) is 5.92 Å². The Labute approximate surface area is 79.5 Å². The third-order valence-electron chi connectivity index (χ3n) is 3.03. The smallest absolute Gasteiger partial charge is 0.0332 e. The van der Waals surface area contributed by atoms with Gasteiger partial charge in [0.15, 0.2) is 0 Å². The number of nitrogens with one attached hydrogen (secondary N) is 1. The minimum absolute atomic E-state index is 0.632. The molecule has 13 heavy (non-hydrogen) atoms. The van der Waals surface area contributed by atoms with Crippen molar-refractivity contribution in [1.29, 1.82) is 0 Å². The van der Waals surface area contributed by atoms with Crippen molar-refractivity contribution in [2.24, 2.45) is 5.73 Å². The second kappa shape index (κ2) is 3.97. The molecule has 1 aromatic heterocycles. The SMILES string of the molecule is NCc1ccc(C2CCCCC2)[nH]1. The van der Waals surface area contributed by atoms with Crippen LogP contribution in [0.1, 0.15) is 49.4 Å². The van der Waals surface area contributed by atoms with Crippen LogP contribution in [0.2, 0.25) is 0 Å². The van der Waals surface area contributed by atoms with Gasteiger partial charge in [-0.1, -0.05) is 19.3 Å². The summed E-state index contributed by atoms with van der Waals surface area (Å²) in [5, 5.41) is 0. The van der Waals surface area contributed by atoms with E-state index in [-0.39, 0.29) is 0 Å². The monoisotopic (exact) mass is 178 g/mol. The first kappa shape index (κ1) is 8.82. The van der Waals surface area contributed by atoms with E-state index in [0.29, 0.717) is 6.54 Å². The van der Waals surface area contributed by atoms with Gasteiger partial charge in [0.1, 0.15) is 0 Å². The van der Waals surface area contributed by atoms with Crippen LogP contribution in [-0.2, 0) is 6.54 Å². The van der Waals surface area contributed by atoms with E-state index in [1.54, 1.807) is 0 Å². The van der Waals surface area contributed by atoms with E-state index >= 15 is 0 Å². The summed E-state index contributed by atoms with van der Waals surface area (Å²) in [5.41, 5.74) is 8.13. The molecule has 2 heteroatoms. The molecule has 1 aliphatic rings. The molecule has 1 saturated carbocycles. The Kier molecular flexibility index (Phi) is 2.69. The van der Waals surface area contributed by atoms with Crippen molar-refractivity contribution in [2.45, 2.75) is 44.6 Å². The van der Waals surface area contributed by atoms with Crippen molar-refractivity contribution >= 4 is 0 Å². The van der Waals surface area contributed by atoms with Crippen LogP contribution in [0.15, 0.2) is 12.1 Å². The van der Waals surface area contributed by atoms with E-state index in [9.17, 15) is 0 Å². The highest BCUT2D eigenvalue weighted by Crippen LogP contribution is 2.31. The second-order valence-electron chi connectivity index (χ2n) is 3.98. The average Bonchev–Trinajstić information content (AvgIpc) is 2.67. The van der Waals surface area contributed by atoms with E-state index in [4.69, 9.17) is 5.73 Å². The van der Waals surface area contributed by atoms with Gasteiger partial charge < -0.3 is 10.7 Å². The van der Waals surface area contributed by atoms with Crippen LogP contribution in [0, 0.1) is 0 Å². The molecule has 0 spiro atoms. The number of hydrogen-bond acceptors (Lipinski definition) is 1. The first-order valence-electron chi connectivity index (χ1n) is 5.28. The molecule has 0 aliphatic heterocycles. The Hall–Kier alpha value is -0.760. The van der Waals surface area contributed by atoms with Gasteiger partial charge in [-0.3, -0.25) is 0 Å². The molecule has 3 N–H and O–H groups in total. The van der Waals surface area contributed by atoms with Crippen molar-refractivity contribution in [3.63, 3.8) is 0 Å². The summed E-state index contributed by atoms with van der Waals surface area (Å²) in [7, 11) is 0. The van der Waals surface area contributed by atoms with Gasteiger partial charge in [0.25, 0.3) is 0 Å². The molecule has 0 atom stereocenters. The Balaban J connectivity index is 2.05. The number of aromatic amines is 1. The lowest BCUT2D eigenvalue weighted by Crippen LogP contribution is -2.05. The van der Waals surface area contributed by atoms with Crippen LogP contribution in [-0.4, -0.2) is 4.98 Å². The highest BCUT2D eigenvalue weighted by Gasteiger charge is 2.16. The Morgan fingerprint density at radius 2 is 2.00 bits per heavy atom. The molecular formula is C11H18N2. The first-order chi connectivity index (χ1) is 6.40. The highest BCUT2D eigenvalue weighted by molar-refractivity contribution is 5.17. The third-order valence-corrected chi connectivity index (χ3v) is 3.03. The van der Waals surface area contributed by atoms with E-state index in [1.807, 2.05) is 0 Å². The lowest BCUT2D eigenvalue weighted by Gasteiger charge is -2.20. The zero-order valence-corrected chi connectivity index (χ0v) is 8.05. The quantitative estimate of drug-likeness (QED) is 0.718. The lowest BCUT2D eigenvalue weighted by molar-refractivity contribution is 0.437. The molecule has 0 bridgehead atoms. The highest BCUT2D eigenvalue weighted by atomic mass is 14.8. The lowest BCUT2D eigenvalue weighted by atomic mass is 9.87. The van der Waals surface area contributed by atoms with Crippen molar-refractivity contribution < 1.29 is 0 Å². The number of hydrogen-bond donors (Lipinski definition) is 2. The normalized spacial score (nSPS) is 19.2. The molecule has 0 aromatic carbocycles. The molecule has 0 radical (unpaired) electrons. The fraction of sp³-hybridized carbons (Fsp3) is 0.636. The summed E-state index contributed by atoms with van der Waals surface area (Å²) >= 11 is 0. The molecule has 1 aliphatic carbocycles. The molecule has 72 valence electrons. The van der Waals surface area contributed by atoms with Crippen LogP contribution in [0.5, 0.6) is 0 Å². The molecular weight excluding hydrogens is 160 g/mol. The fourth-order valence-corrected chi connectivity index (χ4v) is 2.23. The van der Waals surface area contributed by atoms with Crippen LogP contribution >= 0.6 is 0 Å². The summed E-state index contributed by atoms with van der Waals surface area (Å²) in [6.07, 6.45) is 6.90. The summed E-state index contributed by atoms with van der Waals surface area (Å²) in [4.78, 5) is 3.41. The fourth-order valence-electron chi connectivity index (χ4n) is 2.23. The second-order valence-corrected chi connectivity index (χ2v) is 3.98. The predicted octanol–water partition coefficient (Wildman–Crippen LogP) is 2.52. The Bertz CT molecular complexity index is 259. The number of H-pyrrole nitrogens is 1. The van der Waals surface area contributed by atoms with E-state index in [2.05, 4.69) is 17.1 Å². The molecule has 0 unspecified atom stereocenters. The van der Waals surface area contributed by atoms with Gasteiger partial charge in [-0.05, 0) is 30.9 Å². The van der Waals surface area contributed by atoms with Gasteiger partial charge in [-0.25, -0.2) is 0 Å². The molecule has 1 heterocycles. The summed E-state index contributed by atoms with van der Waals surface area (Å²) in [5.74, 6) is 0.772. The van der Waals surface area contributed by atoms with Crippen LogP contribution in [0.25, 0.3) is 0 Å². The zero-order valence-electron chi connectivity index (χ0n) is 8.05. The molecule has 1 aromatic rings. The van der Waals surface area contributed by atoms with Gasteiger partial charge in [0, 0.05) is 17.9 Å². The van der Waals surface area contributed by atoms with Gasteiger partial charge in [0.2, 0.25) is 0 Å². The summed E-state index contributed by atoms with van der Waals surface area (Å²) in [6, 6.07) is 4.32. The third kappa shape index (κ3) is 1.94. The van der Waals surface area contributed by atoms with Crippen molar-refractivity contribution in [3.05, 3.63) is 23.5 Å². The van der Waals surface area contributed by atoms with Gasteiger partial charge in [-0.15, -0.1) is 0 Å². The van der Waals surface area contributed by atoms with Crippen molar-refractivity contribution in [3.8, 4) is 0 Å². The Morgan fingerprint density at radius 3 is 2.62 bits per heavy atom. The number of aromatic nitrogens is 1. The summed E-state index contributed by atoms with van der Waals surface area (Å²) < 4.78 is 0. The molecule has 2 nitrogen and oxygen atoms in total. The minimum Gasteiger partial charge on any atom is -0.361 e. The zero-order chi connectivity index (χ0) is 9.10. The van der Waals surface area contributed by atoms with Crippen molar-refractivity contribution in [1.82, 2.24) is 4.98 Å². The first-order valence-corrected chi connectivity index (χ1v) is 5.28. The molecule has 1 fully saturated rings. The minimum atomic E-state index is 0.632. The van der Waals surface area contributed by atoms with Gasteiger partial charge >= 0.3 is 0 Å². The maximum absolute atomic E-state index is 5.56. The number of nitrogens with two attached hydrogens (primary N) is 1. The molecule has 0 saturated heterocycles. The largest absolute Gasteiger partial charge is 0.361 e. The maximum Gasteiger partial charge on any atom is 0.0332 e. The maximum atomic E-state index is 5.56. The number of rotatable bonds is 2. The topological polar surface area (TPSA) is 41.8 Å². The van der Waals surface area contributed by atoms with E-state index in [1.165, 1.54) is 43.5 Å². The van der Waals surface area contributed by atoms with Crippen LogP contribution in [0.3, 0.4) is 0 Å². The average molecular weight is 178 g/mol. The van der Waals surface area contributed by atoms with Crippen molar-refractivity contribution in [2.75, 3.05) is 0 Å². The standard InChI is InChI=1S/C11H18N2/c12-8-10-6-7-11(13-10)9-4-2-1-3-5-9/h6-7,9,13H,1-5,8,12H2. The van der Waals surface area contributed by atoms with Gasteiger partial charge in [0.05, 0.1) is 0 Å². The van der Waals surface area contributed by atoms with Crippen LogP contribution in [0.4, 0.5) is 0 Å². The van der Waals surface area contributed by atoms with Crippen LogP contribution < -0.4 is 5.73 Å². The van der Waals surface area contributed by atoms with E-state index < -0.39 is 0 Å². The summed E-state index contributed by atoms with van der Waals surface area (Å²) in [6.45, 7) is 0.632. The molecule has 0 amide bonds.